The third-order valence-corrected chi connectivity index (χ3v) is 6.20. The topological polar surface area (TPSA) is 18.5 Å². The molecular formula is C29H29F3O2. The van der Waals surface area contributed by atoms with Gasteiger partial charge in [-0.2, -0.15) is 0 Å². The SMILES string of the molecule is CC=CC1OCC(c2ccc(-c3ccc(-c4ccc(CCCC)c(F)c4F)cc3)cc2F)CO1. The highest BCUT2D eigenvalue weighted by Crippen LogP contribution is 2.32. The zero-order valence-electron chi connectivity index (χ0n) is 19.5. The molecule has 4 rings (SSSR count). The van der Waals surface area contributed by atoms with E-state index in [4.69, 9.17) is 9.47 Å². The van der Waals surface area contributed by atoms with Gasteiger partial charge in [0.25, 0.3) is 0 Å². The summed E-state index contributed by atoms with van der Waals surface area (Å²) in [7, 11) is 0. The third-order valence-electron chi connectivity index (χ3n) is 6.20. The number of allylic oxidation sites excluding steroid dienone is 1. The van der Waals surface area contributed by atoms with Gasteiger partial charge in [-0.25, -0.2) is 13.2 Å². The number of benzene rings is 3. The van der Waals surface area contributed by atoms with Gasteiger partial charge in [0, 0.05) is 11.5 Å². The summed E-state index contributed by atoms with van der Waals surface area (Å²) < 4.78 is 55.3. The van der Waals surface area contributed by atoms with Crippen molar-refractivity contribution in [1.29, 1.82) is 0 Å². The van der Waals surface area contributed by atoms with Gasteiger partial charge in [-0.15, -0.1) is 0 Å². The van der Waals surface area contributed by atoms with Crippen LogP contribution in [0.3, 0.4) is 0 Å². The van der Waals surface area contributed by atoms with E-state index in [1.165, 1.54) is 6.07 Å². The lowest BCUT2D eigenvalue weighted by Gasteiger charge is -2.28. The maximum absolute atomic E-state index is 14.9. The molecule has 1 heterocycles. The Hall–Kier alpha value is -2.89. The average molecular weight is 467 g/mol. The predicted molar refractivity (Wildman–Crippen MR) is 129 cm³/mol. The van der Waals surface area contributed by atoms with E-state index in [1.807, 2.05) is 32.1 Å². The Morgan fingerprint density at radius 2 is 1.53 bits per heavy atom. The molecule has 1 aliphatic rings. The summed E-state index contributed by atoms with van der Waals surface area (Å²) >= 11 is 0. The first kappa shape index (κ1) is 24.2. The number of unbranched alkanes of at least 4 members (excludes halogenated alkanes) is 1. The van der Waals surface area contributed by atoms with Crippen molar-refractivity contribution in [3.05, 3.63) is 95.3 Å². The minimum atomic E-state index is -0.828. The fraction of sp³-hybridized carbons (Fsp3) is 0.310. The first-order valence-electron chi connectivity index (χ1n) is 11.7. The summed E-state index contributed by atoms with van der Waals surface area (Å²) in [4.78, 5) is 0. The fourth-order valence-corrected chi connectivity index (χ4v) is 4.22. The van der Waals surface area contributed by atoms with E-state index in [9.17, 15) is 13.2 Å². The standard InChI is InChI=1S/C29H29F3O2/c1-3-5-7-21-12-15-25(29(32)28(21)31)20-10-8-19(9-11-20)22-13-14-24(26(30)16-22)23-17-33-27(6-4-2)34-18-23/h4,6,8-16,23,27H,3,5,7,17-18H2,1-2H3. The second-order valence-corrected chi connectivity index (χ2v) is 8.58. The van der Waals surface area contributed by atoms with Crippen molar-refractivity contribution in [2.24, 2.45) is 0 Å². The van der Waals surface area contributed by atoms with Crippen molar-refractivity contribution in [2.45, 2.75) is 45.3 Å². The van der Waals surface area contributed by atoms with Gasteiger partial charge in [-0.3, -0.25) is 0 Å². The lowest BCUT2D eigenvalue weighted by atomic mass is 9.94. The first-order valence-corrected chi connectivity index (χ1v) is 11.7. The Labute approximate surface area is 199 Å². The summed E-state index contributed by atoms with van der Waals surface area (Å²) in [6.45, 7) is 4.68. The molecule has 0 N–H and O–H groups in total. The quantitative estimate of drug-likeness (QED) is 0.331. The van der Waals surface area contributed by atoms with Crippen molar-refractivity contribution >= 4 is 0 Å². The van der Waals surface area contributed by atoms with Crippen molar-refractivity contribution < 1.29 is 22.6 Å². The molecule has 178 valence electrons. The lowest BCUT2D eigenvalue weighted by Crippen LogP contribution is -2.29. The molecule has 0 atom stereocenters. The highest BCUT2D eigenvalue weighted by Gasteiger charge is 2.24. The zero-order valence-corrected chi connectivity index (χ0v) is 19.5. The molecule has 0 saturated carbocycles. The van der Waals surface area contributed by atoms with Crippen LogP contribution in [-0.4, -0.2) is 19.5 Å². The van der Waals surface area contributed by atoms with Gasteiger partial charge in [-0.1, -0.05) is 68.0 Å². The van der Waals surface area contributed by atoms with Crippen LogP contribution in [0.1, 0.15) is 43.7 Å². The predicted octanol–water partition coefficient (Wildman–Crippen LogP) is 7.81. The third kappa shape index (κ3) is 5.26. The molecule has 0 aromatic heterocycles. The second kappa shape index (κ2) is 11.0. The number of rotatable bonds is 7. The monoisotopic (exact) mass is 466 g/mol. The Morgan fingerprint density at radius 3 is 2.18 bits per heavy atom. The number of aryl methyl sites for hydroxylation is 1. The van der Waals surface area contributed by atoms with Crippen LogP contribution in [0.5, 0.6) is 0 Å². The van der Waals surface area contributed by atoms with E-state index >= 15 is 0 Å². The van der Waals surface area contributed by atoms with Gasteiger partial charge < -0.3 is 9.47 Å². The Bertz CT molecular complexity index is 1150. The van der Waals surface area contributed by atoms with Crippen LogP contribution in [-0.2, 0) is 15.9 Å². The van der Waals surface area contributed by atoms with Crippen molar-refractivity contribution in [3.63, 3.8) is 0 Å². The van der Waals surface area contributed by atoms with Crippen molar-refractivity contribution in [3.8, 4) is 22.3 Å². The summed E-state index contributed by atoms with van der Waals surface area (Å²) in [6.07, 6.45) is 5.56. The molecule has 0 amide bonds. The van der Waals surface area contributed by atoms with Crippen LogP contribution in [0.2, 0.25) is 0 Å². The number of hydrogen-bond acceptors (Lipinski definition) is 2. The highest BCUT2D eigenvalue weighted by atomic mass is 19.2. The number of halogens is 3. The summed E-state index contributed by atoms with van der Waals surface area (Å²) in [6, 6.07) is 15.4. The Morgan fingerprint density at radius 1 is 0.853 bits per heavy atom. The van der Waals surface area contributed by atoms with E-state index < -0.39 is 11.6 Å². The van der Waals surface area contributed by atoms with Crippen molar-refractivity contribution in [2.75, 3.05) is 13.2 Å². The molecule has 1 aliphatic heterocycles. The molecule has 0 aliphatic carbocycles. The molecule has 0 spiro atoms. The van der Waals surface area contributed by atoms with Gasteiger partial charge in [-0.05, 0) is 59.7 Å². The molecule has 34 heavy (non-hydrogen) atoms. The minimum Gasteiger partial charge on any atom is -0.348 e. The van der Waals surface area contributed by atoms with E-state index in [0.29, 0.717) is 41.9 Å². The Kier molecular flexibility index (Phi) is 7.86. The molecular weight excluding hydrogens is 437 g/mol. The Balaban J connectivity index is 1.50. The number of hydrogen-bond donors (Lipinski definition) is 0. The second-order valence-electron chi connectivity index (χ2n) is 8.58. The van der Waals surface area contributed by atoms with Gasteiger partial charge in [0.15, 0.2) is 17.9 Å². The van der Waals surface area contributed by atoms with E-state index in [0.717, 1.165) is 18.4 Å². The van der Waals surface area contributed by atoms with Gasteiger partial charge in [0.2, 0.25) is 0 Å². The molecule has 1 fully saturated rings. The smallest absolute Gasteiger partial charge is 0.176 e. The van der Waals surface area contributed by atoms with Gasteiger partial charge in [0.05, 0.1) is 13.2 Å². The first-order chi connectivity index (χ1) is 16.5. The van der Waals surface area contributed by atoms with Crippen LogP contribution >= 0.6 is 0 Å². The van der Waals surface area contributed by atoms with E-state index in [1.54, 1.807) is 42.5 Å². The van der Waals surface area contributed by atoms with Gasteiger partial charge in [0.1, 0.15) is 5.82 Å². The zero-order chi connectivity index (χ0) is 24.1. The largest absolute Gasteiger partial charge is 0.348 e. The summed E-state index contributed by atoms with van der Waals surface area (Å²) in [5.41, 5.74) is 3.25. The van der Waals surface area contributed by atoms with Crippen molar-refractivity contribution in [1.82, 2.24) is 0 Å². The lowest BCUT2D eigenvalue weighted by molar-refractivity contribution is -0.159. The molecule has 3 aromatic rings. The van der Waals surface area contributed by atoms with Crippen LogP contribution in [0.15, 0.2) is 66.7 Å². The maximum atomic E-state index is 14.9. The maximum Gasteiger partial charge on any atom is 0.176 e. The van der Waals surface area contributed by atoms with Crippen LogP contribution < -0.4 is 0 Å². The molecule has 0 bridgehead atoms. The fourth-order valence-electron chi connectivity index (χ4n) is 4.22. The minimum absolute atomic E-state index is 0.170. The summed E-state index contributed by atoms with van der Waals surface area (Å²) in [5.74, 6) is -2.10. The number of ether oxygens (including phenoxy) is 2. The molecule has 2 nitrogen and oxygen atoms in total. The van der Waals surface area contributed by atoms with Crippen LogP contribution in [0.25, 0.3) is 22.3 Å². The average Bonchev–Trinajstić information content (AvgIpc) is 2.86. The normalized spacial score (nSPS) is 18.5. The molecule has 0 unspecified atom stereocenters. The summed E-state index contributed by atoms with van der Waals surface area (Å²) in [5, 5.41) is 0. The molecule has 1 saturated heterocycles. The molecule has 5 heteroatoms. The molecule has 0 radical (unpaired) electrons. The van der Waals surface area contributed by atoms with Crippen LogP contribution in [0, 0.1) is 17.5 Å². The van der Waals surface area contributed by atoms with Crippen LogP contribution in [0.4, 0.5) is 13.2 Å². The highest BCUT2D eigenvalue weighted by molar-refractivity contribution is 5.71. The molecule has 3 aromatic carbocycles. The van der Waals surface area contributed by atoms with E-state index in [-0.39, 0.29) is 23.6 Å². The van der Waals surface area contributed by atoms with E-state index in [2.05, 4.69) is 0 Å². The van der Waals surface area contributed by atoms with Gasteiger partial charge >= 0.3 is 0 Å².